The van der Waals surface area contributed by atoms with E-state index in [0.717, 1.165) is 12.8 Å². The van der Waals surface area contributed by atoms with Crippen LogP contribution in [-0.2, 0) is 6.54 Å². The molecule has 0 radical (unpaired) electrons. The number of hydrogen-bond acceptors (Lipinski definition) is 5. The number of tetrazole rings is 1. The van der Waals surface area contributed by atoms with E-state index in [2.05, 4.69) is 20.8 Å². The molecule has 1 fully saturated rings. The van der Waals surface area contributed by atoms with Crippen molar-refractivity contribution in [1.82, 2.24) is 25.5 Å². The monoisotopic (exact) mass is 329 g/mol. The molecule has 0 bridgehead atoms. The zero-order valence-electron chi connectivity index (χ0n) is 13.9. The van der Waals surface area contributed by atoms with Gasteiger partial charge in [-0.3, -0.25) is 4.79 Å². The first-order chi connectivity index (χ1) is 11.8. The lowest BCUT2D eigenvalue weighted by Gasteiger charge is -2.22. The van der Waals surface area contributed by atoms with Crippen molar-refractivity contribution < 1.29 is 9.53 Å². The molecule has 7 heteroatoms. The fraction of sp³-hybridized carbons (Fsp3) is 0.529. The Morgan fingerprint density at radius 2 is 2.08 bits per heavy atom. The summed E-state index contributed by atoms with van der Waals surface area (Å²) < 4.78 is 7.38. The third-order valence-corrected chi connectivity index (χ3v) is 4.32. The van der Waals surface area contributed by atoms with Crippen LogP contribution in [0, 0.1) is 0 Å². The van der Waals surface area contributed by atoms with Gasteiger partial charge in [-0.05, 0) is 42.3 Å². The molecule has 1 heterocycles. The first-order valence-corrected chi connectivity index (χ1v) is 8.56. The van der Waals surface area contributed by atoms with E-state index >= 15 is 0 Å². The predicted octanol–water partition coefficient (Wildman–Crippen LogP) is 2.51. The van der Waals surface area contributed by atoms with Crippen LogP contribution in [-0.4, -0.2) is 32.7 Å². The van der Waals surface area contributed by atoms with Crippen molar-refractivity contribution in [2.24, 2.45) is 0 Å². The minimum Gasteiger partial charge on any atom is -0.493 e. The third-order valence-electron chi connectivity index (χ3n) is 4.32. The van der Waals surface area contributed by atoms with Gasteiger partial charge in [0, 0.05) is 0 Å². The average Bonchev–Trinajstić information content (AvgIpc) is 3.10. The summed E-state index contributed by atoms with van der Waals surface area (Å²) >= 11 is 0. The Hall–Kier alpha value is -2.44. The molecule has 7 nitrogen and oxygen atoms in total. The molecule has 0 saturated heterocycles. The summed E-state index contributed by atoms with van der Waals surface area (Å²) in [7, 11) is 0. The van der Waals surface area contributed by atoms with E-state index in [1.54, 1.807) is 12.1 Å². The molecule has 0 aliphatic heterocycles. The van der Waals surface area contributed by atoms with Crippen molar-refractivity contribution in [1.29, 1.82) is 0 Å². The molecule has 0 unspecified atom stereocenters. The quantitative estimate of drug-likeness (QED) is 0.880. The highest BCUT2D eigenvalue weighted by Gasteiger charge is 2.20. The number of aromatic nitrogens is 4. The molecule has 1 aromatic carbocycles. The van der Waals surface area contributed by atoms with Crippen molar-refractivity contribution in [3.05, 3.63) is 35.7 Å². The summed E-state index contributed by atoms with van der Waals surface area (Å²) in [6.07, 6.45) is 5.88. The van der Waals surface area contributed by atoms with Crippen LogP contribution in [0.25, 0.3) is 0 Å². The zero-order valence-corrected chi connectivity index (χ0v) is 13.9. The summed E-state index contributed by atoms with van der Waals surface area (Å²) in [6, 6.07) is 7.57. The van der Waals surface area contributed by atoms with E-state index in [0.29, 0.717) is 36.3 Å². The van der Waals surface area contributed by atoms with Crippen molar-refractivity contribution >= 4 is 5.91 Å². The number of rotatable bonds is 6. The van der Waals surface area contributed by atoms with Crippen molar-refractivity contribution in [3.63, 3.8) is 0 Å². The van der Waals surface area contributed by atoms with Gasteiger partial charge < -0.3 is 10.1 Å². The Balaban J connectivity index is 1.66. The predicted molar refractivity (Wildman–Crippen MR) is 88.7 cm³/mol. The maximum atomic E-state index is 12.5. The smallest absolute Gasteiger partial charge is 0.255 e. The molecule has 1 aliphatic carbocycles. The van der Waals surface area contributed by atoms with Crippen molar-refractivity contribution in [2.75, 3.05) is 6.61 Å². The maximum absolute atomic E-state index is 12.5. The van der Waals surface area contributed by atoms with Crippen LogP contribution in [0.3, 0.4) is 0 Å². The number of nitrogens with zero attached hydrogens (tertiary/aromatic N) is 4. The Labute approximate surface area is 141 Å². The fourth-order valence-electron chi connectivity index (χ4n) is 3.13. The Kier molecular flexibility index (Phi) is 5.40. The molecule has 128 valence electrons. The number of para-hydroxylation sites is 1. The van der Waals surface area contributed by atoms with Gasteiger partial charge in [-0.1, -0.05) is 31.4 Å². The zero-order chi connectivity index (χ0) is 16.8. The van der Waals surface area contributed by atoms with Crippen LogP contribution in [0.15, 0.2) is 24.3 Å². The normalized spacial score (nSPS) is 15.2. The number of hydrogen-bond donors (Lipinski definition) is 1. The van der Waals surface area contributed by atoms with E-state index in [4.69, 9.17) is 4.74 Å². The minimum atomic E-state index is -0.183. The van der Waals surface area contributed by atoms with Crippen LogP contribution in [0.1, 0.15) is 61.3 Å². The second-order valence-corrected chi connectivity index (χ2v) is 5.94. The molecule has 1 aliphatic rings. The van der Waals surface area contributed by atoms with Gasteiger partial charge in [0.25, 0.3) is 5.91 Å². The van der Waals surface area contributed by atoms with Crippen LogP contribution in [0.4, 0.5) is 0 Å². The second kappa shape index (κ2) is 7.90. The summed E-state index contributed by atoms with van der Waals surface area (Å²) in [5.74, 6) is 1.10. The number of amides is 1. The summed E-state index contributed by atoms with van der Waals surface area (Å²) in [5, 5.41) is 14.9. The van der Waals surface area contributed by atoms with Crippen molar-refractivity contribution in [2.45, 2.75) is 51.6 Å². The van der Waals surface area contributed by atoms with Crippen LogP contribution in [0.2, 0.25) is 0 Å². The molecule has 1 aromatic heterocycles. The van der Waals surface area contributed by atoms with E-state index in [9.17, 15) is 4.79 Å². The van der Waals surface area contributed by atoms with Gasteiger partial charge in [-0.25, -0.2) is 4.68 Å². The molecule has 3 rings (SSSR count). The fourth-order valence-corrected chi connectivity index (χ4v) is 3.13. The maximum Gasteiger partial charge on any atom is 0.255 e. The van der Waals surface area contributed by atoms with Gasteiger partial charge >= 0.3 is 0 Å². The standard InChI is InChI=1S/C17H23N5O2/c1-2-24-15-11-7-6-10-14(15)17(23)18-12-16-19-20-21-22(16)13-8-4-3-5-9-13/h6-7,10-11,13H,2-5,8-9,12H2,1H3,(H,18,23). The Bertz CT molecular complexity index is 679. The molecule has 1 amide bonds. The average molecular weight is 329 g/mol. The number of benzene rings is 1. The van der Waals surface area contributed by atoms with Gasteiger partial charge in [0.2, 0.25) is 0 Å². The highest BCUT2D eigenvalue weighted by molar-refractivity contribution is 5.96. The minimum absolute atomic E-state index is 0.183. The number of carbonyl (C=O) groups excluding carboxylic acids is 1. The molecule has 0 atom stereocenters. The Morgan fingerprint density at radius 1 is 1.29 bits per heavy atom. The number of ether oxygens (including phenoxy) is 1. The van der Waals surface area contributed by atoms with E-state index in [-0.39, 0.29) is 5.91 Å². The molecule has 1 N–H and O–H groups in total. The molecular weight excluding hydrogens is 306 g/mol. The lowest BCUT2D eigenvalue weighted by atomic mass is 9.95. The molecular formula is C17H23N5O2. The van der Waals surface area contributed by atoms with Crippen molar-refractivity contribution in [3.8, 4) is 5.75 Å². The number of nitrogens with one attached hydrogen (secondary N) is 1. The SMILES string of the molecule is CCOc1ccccc1C(=O)NCc1nnnn1C1CCCCC1. The molecule has 1 saturated carbocycles. The van der Waals surface area contributed by atoms with Crippen LogP contribution < -0.4 is 10.1 Å². The largest absolute Gasteiger partial charge is 0.493 e. The number of carbonyl (C=O) groups is 1. The molecule has 24 heavy (non-hydrogen) atoms. The first kappa shape index (κ1) is 16.4. The van der Waals surface area contributed by atoms with E-state index in [1.807, 2.05) is 23.7 Å². The highest BCUT2D eigenvalue weighted by atomic mass is 16.5. The van der Waals surface area contributed by atoms with Gasteiger partial charge in [-0.15, -0.1) is 5.10 Å². The lowest BCUT2D eigenvalue weighted by Crippen LogP contribution is -2.27. The van der Waals surface area contributed by atoms with Crippen LogP contribution in [0.5, 0.6) is 5.75 Å². The van der Waals surface area contributed by atoms with E-state index < -0.39 is 0 Å². The van der Waals surface area contributed by atoms with Gasteiger partial charge in [0.05, 0.1) is 24.8 Å². The van der Waals surface area contributed by atoms with Gasteiger partial charge in [-0.2, -0.15) is 0 Å². The van der Waals surface area contributed by atoms with Gasteiger partial charge in [0.1, 0.15) is 5.75 Å². The topological polar surface area (TPSA) is 81.9 Å². The molecule has 2 aromatic rings. The highest BCUT2D eigenvalue weighted by Crippen LogP contribution is 2.27. The van der Waals surface area contributed by atoms with Crippen LogP contribution >= 0.6 is 0 Å². The van der Waals surface area contributed by atoms with E-state index in [1.165, 1.54) is 19.3 Å². The summed E-state index contributed by atoms with van der Waals surface area (Å²) in [6.45, 7) is 2.72. The Morgan fingerprint density at radius 3 is 2.88 bits per heavy atom. The lowest BCUT2D eigenvalue weighted by molar-refractivity contribution is 0.0945. The summed E-state index contributed by atoms with van der Waals surface area (Å²) in [5.41, 5.74) is 0.524. The third kappa shape index (κ3) is 3.72. The molecule has 0 spiro atoms. The van der Waals surface area contributed by atoms with Gasteiger partial charge in [0.15, 0.2) is 5.82 Å². The first-order valence-electron chi connectivity index (χ1n) is 8.56. The summed E-state index contributed by atoms with van der Waals surface area (Å²) in [4.78, 5) is 12.5. The second-order valence-electron chi connectivity index (χ2n) is 5.94.